The molecule has 27 nitrogen and oxygen atoms in total. The van der Waals surface area contributed by atoms with Crippen LogP contribution in [0.5, 0.6) is 0 Å². The number of carboxylic acid groups (broad SMARTS) is 1. The van der Waals surface area contributed by atoms with Crippen molar-refractivity contribution in [2.24, 2.45) is 0 Å². The van der Waals surface area contributed by atoms with E-state index in [1.165, 1.54) is 163 Å². The van der Waals surface area contributed by atoms with Crippen LogP contribution >= 0.6 is 12.2 Å². The zero-order chi connectivity index (χ0) is 92.7. The number of benzene rings is 1. The van der Waals surface area contributed by atoms with Crippen LogP contribution in [0.15, 0.2) is 104 Å². The van der Waals surface area contributed by atoms with Gasteiger partial charge in [-0.2, -0.15) is 56.6 Å². The number of thiocarbonyl (C=S) groups is 1. The number of rotatable bonds is 34. The van der Waals surface area contributed by atoms with Crippen molar-refractivity contribution in [3.63, 3.8) is 0 Å². The summed E-state index contributed by atoms with van der Waals surface area (Å²) in [6.45, 7) is 34.8. The number of aliphatic carboxylic acids is 1. The number of carbonyl (C=O) groups excluding carboxylic acids is 12. The van der Waals surface area contributed by atoms with Gasteiger partial charge in [-0.25, -0.2) is 0 Å². The van der Waals surface area contributed by atoms with Crippen molar-refractivity contribution < 1.29 is 95.2 Å². The second kappa shape index (κ2) is 40.0. The normalized spacial score (nSPS) is 17.4. The van der Waals surface area contributed by atoms with Crippen LogP contribution in [-0.2, 0) is 122 Å². The molecule has 0 aliphatic carbocycles. The summed E-state index contributed by atoms with van der Waals surface area (Å²) in [6.07, 6.45) is 38.5. The molecule has 1 aromatic carbocycles. The van der Waals surface area contributed by atoms with Crippen LogP contribution in [0.1, 0.15) is 257 Å². The summed E-state index contributed by atoms with van der Waals surface area (Å²) in [7, 11) is 0. The van der Waals surface area contributed by atoms with E-state index >= 15 is 0 Å². The fourth-order valence-corrected chi connectivity index (χ4v) is 21.2. The SMILES string of the molecule is CCCCC1=C(C)C2=[N+]3C1=Cc1c(C)c(CCC(=O)NCC)c4n1C31n3c(c(C)c(CCC(=O)OCC)c3=CC3=[N+]1C(=C2)C(CCCC)=C3C)=C4.CCCCC1=C(C)C2=[N+]3C1=Cc1c(C)c(CCC(=O)NCCc4ccc(CC(=S)NCC(=O)O)cc4)c4n1C31n3c(c(C)c(CCC(=O)OCC)c3=CC3=[N+]1C(=C2)C(CCCC)=C3C)=C4.O=C=O.O=C=O.O=C=O.O=C=O. The number of ether oxygens (including phenoxy) is 2. The van der Waals surface area contributed by atoms with Crippen molar-refractivity contribution in [2.75, 3.05) is 32.8 Å². The van der Waals surface area contributed by atoms with Crippen molar-refractivity contribution in [2.45, 2.75) is 257 Å². The molecule has 0 saturated heterocycles. The van der Waals surface area contributed by atoms with E-state index in [0.717, 1.165) is 105 Å². The van der Waals surface area contributed by atoms with Gasteiger partial charge in [-0.15, -0.1) is 0 Å². The number of nitrogens with zero attached hydrogens (tertiary/aromatic N) is 8. The number of allylic oxidation sites excluding steroid dienone is 10. The minimum Gasteiger partial charge on any atom is -0.480 e. The third-order valence-corrected chi connectivity index (χ3v) is 26.9. The van der Waals surface area contributed by atoms with Crippen molar-refractivity contribution in [1.82, 2.24) is 34.2 Å². The van der Waals surface area contributed by atoms with Crippen LogP contribution < -0.4 is 37.3 Å². The maximum Gasteiger partial charge on any atom is 0.553 e. The molecule has 28 heteroatoms. The van der Waals surface area contributed by atoms with Gasteiger partial charge in [0, 0.05) is 114 Å². The molecule has 0 fully saturated rings. The summed E-state index contributed by atoms with van der Waals surface area (Å²) >= 11 is 5.30. The topological polar surface area (TPSA) is 328 Å². The molecule has 2 spiro atoms. The molecule has 17 rings (SSSR count). The fraction of sp³-hybridized carbons (Fsp3) is 0.440. The number of hydrogen-bond acceptors (Lipinski definition) is 16. The number of amides is 2. The van der Waals surface area contributed by atoms with Crippen LogP contribution in [0.25, 0.3) is 36.5 Å². The lowest BCUT2D eigenvalue weighted by molar-refractivity contribution is -0.837. The Morgan fingerprint density at radius 2 is 0.727 bits per heavy atom. The van der Waals surface area contributed by atoms with E-state index in [0.29, 0.717) is 95.5 Å². The third kappa shape index (κ3) is 16.1. The molecule has 0 bridgehead atoms. The Morgan fingerprint density at radius 3 is 1.07 bits per heavy atom. The molecule has 2 unspecified atom stereocenters. The van der Waals surface area contributed by atoms with Crippen LogP contribution in [-0.4, -0.2) is 157 Å². The molecule has 4 aromatic heterocycles. The van der Waals surface area contributed by atoms with E-state index in [1.54, 1.807) is 0 Å². The van der Waals surface area contributed by atoms with Gasteiger partial charge in [-0.1, -0.05) is 108 Å². The van der Waals surface area contributed by atoms with Gasteiger partial charge >= 0.3 is 54.3 Å². The number of hydrogen-bond donors (Lipinski definition) is 4. The number of nitrogens with one attached hydrogen (secondary N) is 3. The fourth-order valence-electron chi connectivity index (χ4n) is 21.0. The van der Waals surface area contributed by atoms with Crippen LogP contribution in [0.2, 0.25) is 0 Å². The molecule has 0 radical (unpaired) electrons. The number of aromatic nitrogens is 4. The second-order valence-corrected chi connectivity index (χ2v) is 34.1. The molecule has 2 atom stereocenters. The van der Waals surface area contributed by atoms with Gasteiger partial charge in [-0.05, 0) is 227 Å². The van der Waals surface area contributed by atoms with E-state index < -0.39 is 17.8 Å². The molecule has 16 heterocycles. The van der Waals surface area contributed by atoms with Gasteiger partial charge < -0.3 is 30.5 Å². The number of carbonyl (C=O) groups is 5. The lowest BCUT2D eigenvalue weighted by Crippen LogP contribution is -2.70. The molecular weight excluding hydrogens is 1640 g/mol. The molecule has 668 valence electrons. The Hall–Kier alpha value is -12.8. The van der Waals surface area contributed by atoms with E-state index in [1.807, 2.05) is 45.0 Å². The van der Waals surface area contributed by atoms with Crippen LogP contribution in [0.4, 0.5) is 0 Å². The maximum atomic E-state index is 13.7. The molecule has 0 saturated carbocycles. The van der Waals surface area contributed by atoms with E-state index in [9.17, 15) is 24.0 Å². The second-order valence-electron chi connectivity index (χ2n) is 33.6. The first-order chi connectivity index (χ1) is 61.6. The quantitative estimate of drug-likeness (QED) is 0.0169. The number of carboxylic acids is 1. The zero-order valence-electron chi connectivity index (χ0n) is 76.1. The summed E-state index contributed by atoms with van der Waals surface area (Å²) < 4.78 is 31.9. The standard InChI is InChI=1S/C53H60N6O5S.C43H52N5O3.4CO2/c1-8-11-13-37-31(4)41-26-45-38(14-12-9-2)32(5)42-28-48-40(20-22-52(63)64-10-3)34(7)44-29-47-39(33(6)43-27-46(37)56(41)53(57(42)45,58(43)47)59(44)48)19-21-49(60)54-24-23-35-15-17-36(18-16-35)25-50(65)55-30-51(61)62;1-9-13-15-29-25(5)33-21-37-30(16-14-10-2)26(6)34-23-40-32(18-20-42(50)51-12-4)28(8)36-24-39-31(17-19-41(49)44-11-3)27(7)35-22-38(29)45(33)43(46(34)37,47(35)39)48(36)40;4*2-1-3/h15-18,26-29H,8-14,19-25,30H2,1-7H3,(H-2,54,55,60,61,62,65);21-24H,9-20H2,1-8H3;;;;/q;+1;;;;/p+3. The van der Waals surface area contributed by atoms with Gasteiger partial charge in [0.15, 0.2) is 0 Å². The zero-order valence-corrected chi connectivity index (χ0v) is 76.9. The Bertz CT molecular complexity index is 6340. The van der Waals surface area contributed by atoms with Crippen molar-refractivity contribution in [3.8, 4) is 0 Å². The van der Waals surface area contributed by atoms with Crippen molar-refractivity contribution in [1.29, 1.82) is 0 Å². The molecule has 2 amide bonds. The summed E-state index contributed by atoms with van der Waals surface area (Å²) in [5.74, 6) is -2.75. The minimum absolute atomic E-state index is 0.0185. The number of esters is 2. The van der Waals surface area contributed by atoms with E-state index in [4.69, 9.17) is 65.2 Å². The highest BCUT2D eigenvalue weighted by atomic mass is 32.1. The first-order valence-electron chi connectivity index (χ1n) is 44.8. The Labute approximate surface area is 749 Å². The monoisotopic (exact) mass is 1760 g/mol. The van der Waals surface area contributed by atoms with Crippen molar-refractivity contribution >= 4 is 131 Å². The Balaban J connectivity index is 0.000000211. The highest BCUT2D eigenvalue weighted by Crippen LogP contribution is 2.55. The van der Waals surface area contributed by atoms with E-state index in [2.05, 4.69) is 184 Å². The predicted molar refractivity (Wildman–Crippen MR) is 480 cm³/mol. The first-order valence-corrected chi connectivity index (χ1v) is 45.2. The van der Waals surface area contributed by atoms with Crippen LogP contribution in [0, 0.1) is 27.7 Å². The smallest absolute Gasteiger partial charge is 0.480 e. The summed E-state index contributed by atoms with van der Waals surface area (Å²) in [6, 6.07) is 8.08. The highest BCUT2D eigenvalue weighted by molar-refractivity contribution is 7.80. The summed E-state index contributed by atoms with van der Waals surface area (Å²) in [5.41, 5.74) is 37.7. The highest BCUT2D eigenvalue weighted by Gasteiger charge is 2.75. The van der Waals surface area contributed by atoms with Gasteiger partial charge in [0.05, 0.1) is 74.5 Å². The molecular formula is C100H115N11O16S+4. The molecule has 5 aromatic rings. The minimum atomic E-state index is -0.946. The first kappa shape index (κ1) is 94.3. The Morgan fingerprint density at radius 1 is 0.391 bits per heavy atom. The largest absolute Gasteiger partial charge is 0.553 e. The van der Waals surface area contributed by atoms with Gasteiger partial charge in [0.1, 0.15) is 6.54 Å². The van der Waals surface area contributed by atoms with Crippen LogP contribution in [0.3, 0.4) is 0 Å². The average molecular weight is 1760 g/mol. The van der Waals surface area contributed by atoms with Gasteiger partial charge in [0.25, 0.3) is 0 Å². The summed E-state index contributed by atoms with van der Waals surface area (Å²) in [4.78, 5) is 129. The lowest BCUT2D eigenvalue weighted by atomic mass is 9.96. The maximum absolute atomic E-state index is 13.7. The molecule has 12 aliphatic rings. The van der Waals surface area contributed by atoms with Gasteiger partial charge in [0.2, 0.25) is 57.4 Å². The Kier molecular flexibility index (Phi) is 29.5. The number of unbranched alkanes of at least 4 members (excludes halogenated alkanes) is 4. The van der Waals surface area contributed by atoms with Crippen molar-refractivity contribution in [3.05, 3.63) is 204 Å². The van der Waals surface area contributed by atoms with Gasteiger partial charge in [-0.3, -0.25) is 24.0 Å². The third-order valence-electron chi connectivity index (χ3n) is 26.6. The lowest BCUT2D eigenvalue weighted by Gasteiger charge is -2.38. The molecule has 4 N–H and O–H groups in total. The predicted octanol–water partition coefficient (Wildman–Crippen LogP) is 9.88. The van der Waals surface area contributed by atoms with E-state index in [-0.39, 0.29) is 54.9 Å². The summed E-state index contributed by atoms with van der Waals surface area (Å²) in [5, 5.41) is 22.6. The molecule has 12 aliphatic heterocycles. The molecule has 128 heavy (non-hydrogen) atoms. The average Bonchev–Trinajstić information content (AvgIpc) is 1.47.